The minimum Gasteiger partial charge on any atom is -0.378 e. The Hall–Kier alpha value is -2.52. The Balaban J connectivity index is 1.59. The largest absolute Gasteiger partial charge is 0.378 e. The van der Waals surface area contributed by atoms with Crippen molar-refractivity contribution in [2.24, 2.45) is 4.99 Å². The van der Waals surface area contributed by atoms with Gasteiger partial charge in [0.25, 0.3) is 0 Å². The molecule has 5 heterocycles. The topological polar surface area (TPSA) is 57.4 Å². The van der Waals surface area contributed by atoms with Gasteiger partial charge in [0.05, 0.1) is 31.3 Å². The molecule has 29 heavy (non-hydrogen) atoms. The van der Waals surface area contributed by atoms with Crippen LogP contribution in [-0.4, -0.2) is 70.8 Å². The molecule has 1 N–H and O–H groups in total. The molecular formula is C20H24F2N6O. The summed E-state index contributed by atoms with van der Waals surface area (Å²) in [6.45, 7) is 4.09. The maximum atomic E-state index is 15.1. The molecule has 154 valence electrons. The van der Waals surface area contributed by atoms with E-state index in [2.05, 4.69) is 20.2 Å². The molecule has 2 atom stereocenters. The molecule has 3 aliphatic heterocycles. The van der Waals surface area contributed by atoms with Gasteiger partial charge in [-0.25, -0.2) is 13.8 Å². The summed E-state index contributed by atoms with van der Waals surface area (Å²) in [5.74, 6) is -0.139. The first-order chi connectivity index (χ1) is 14.2. The number of aromatic nitrogens is 2. The van der Waals surface area contributed by atoms with Gasteiger partial charge in [-0.2, -0.15) is 0 Å². The van der Waals surface area contributed by atoms with Crippen molar-refractivity contribution < 1.29 is 13.5 Å². The van der Waals surface area contributed by atoms with Crippen LogP contribution in [0.1, 0.15) is 24.7 Å². The molecule has 3 aliphatic rings. The normalized spacial score (nSPS) is 25.9. The summed E-state index contributed by atoms with van der Waals surface area (Å²) >= 11 is 0. The average Bonchev–Trinajstić information content (AvgIpc) is 3.17. The van der Waals surface area contributed by atoms with E-state index in [9.17, 15) is 4.39 Å². The first-order valence-corrected chi connectivity index (χ1v) is 10.1. The standard InChI is InChI=1S/C20H24F2N6O/c21-14-3-4-18-24-12-17(27(18)13-14)19-25-11-16(22)20(26-6-8-29-9-7-26)28(19)15-2-1-5-23-10-15/h3-4,11-13,15,19,23H,1-2,5-10H2/t15?,19-/m1/s1. The molecule has 2 saturated heterocycles. The molecule has 0 aliphatic carbocycles. The minimum atomic E-state index is -0.478. The van der Waals surface area contributed by atoms with Gasteiger partial charge >= 0.3 is 0 Å². The van der Waals surface area contributed by atoms with Gasteiger partial charge in [-0.1, -0.05) is 0 Å². The van der Waals surface area contributed by atoms with Gasteiger partial charge in [0.15, 0.2) is 12.0 Å². The van der Waals surface area contributed by atoms with Crippen LogP contribution in [0.4, 0.5) is 8.78 Å². The van der Waals surface area contributed by atoms with Crippen LogP contribution in [0.5, 0.6) is 0 Å². The SMILES string of the molecule is FC1=C(N2CCOCC2)N(C2CCCNC2)[C@H](c2cnc3ccc(F)cn23)N=C1. The zero-order valence-corrected chi connectivity index (χ0v) is 16.1. The molecule has 2 aromatic heterocycles. The Labute approximate surface area is 167 Å². The molecule has 7 nitrogen and oxygen atoms in total. The molecule has 0 radical (unpaired) electrons. The lowest BCUT2D eigenvalue weighted by molar-refractivity contribution is 0.0166. The number of hydrogen-bond acceptors (Lipinski definition) is 6. The van der Waals surface area contributed by atoms with Crippen molar-refractivity contribution in [2.45, 2.75) is 25.0 Å². The summed E-state index contributed by atoms with van der Waals surface area (Å²) in [5.41, 5.74) is 1.36. The van der Waals surface area contributed by atoms with Crippen molar-refractivity contribution in [2.75, 3.05) is 39.4 Å². The molecule has 0 bridgehead atoms. The minimum absolute atomic E-state index is 0.0777. The zero-order chi connectivity index (χ0) is 19.8. The fraction of sp³-hybridized carbons (Fsp3) is 0.500. The summed E-state index contributed by atoms with van der Waals surface area (Å²) in [4.78, 5) is 13.0. The Bertz CT molecular complexity index is 946. The van der Waals surface area contributed by atoms with Gasteiger partial charge < -0.3 is 19.9 Å². The first kappa shape index (κ1) is 18.5. The highest BCUT2D eigenvalue weighted by Gasteiger charge is 2.38. The number of piperidine rings is 1. The number of ether oxygens (including phenoxy) is 1. The van der Waals surface area contributed by atoms with Crippen LogP contribution < -0.4 is 5.32 Å². The molecule has 0 amide bonds. The van der Waals surface area contributed by atoms with E-state index >= 15 is 4.39 Å². The lowest BCUT2D eigenvalue weighted by Crippen LogP contribution is -2.53. The van der Waals surface area contributed by atoms with Crippen LogP contribution in [0.3, 0.4) is 0 Å². The van der Waals surface area contributed by atoms with Crippen molar-refractivity contribution in [1.29, 1.82) is 0 Å². The van der Waals surface area contributed by atoms with Gasteiger partial charge in [-0.05, 0) is 31.5 Å². The van der Waals surface area contributed by atoms with E-state index < -0.39 is 6.17 Å². The molecule has 9 heteroatoms. The number of morpholine rings is 1. The molecule has 2 aromatic rings. The number of rotatable bonds is 3. The lowest BCUT2D eigenvalue weighted by Gasteiger charge is -2.46. The summed E-state index contributed by atoms with van der Waals surface area (Å²) in [6.07, 6.45) is 5.88. The van der Waals surface area contributed by atoms with Gasteiger partial charge in [-0.15, -0.1) is 0 Å². The fourth-order valence-corrected chi connectivity index (χ4v) is 4.42. The second-order valence-corrected chi connectivity index (χ2v) is 7.59. The Morgan fingerprint density at radius 2 is 2.03 bits per heavy atom. The number of hydrogen-bond donors (Lipinski definition) is 1. The quantitative estimate of drug-likeness (QED) is 0.852. The van der Waals surface area contributed by atoms with Crippen molar-refractivity contribution in [3.05, 3.63) is 47.7 Å². The highest BCUT2D eigenvalue weighted by molar-refractivity contribution is 5.77. The van der Waals surface area contributed by atoms with Gasteiger partial charge in [0, 0.05) is 31.9 Å². The van der Waals surface area contributed by atoms with Crippen molar-refractivity contribution in [3.8, 4) is 0 Å². The number of nitrogens with one attached hydrogen (secondary N) is 1. The molecule has 0 spiro atoms. The monoisotopic (exact) mass is 402 g/mol. The molecule has 5 rings (SSSR count). The second-order valence-electron chi connectivity index (χ2n) is 7.59. The fourth-order valence-electron chi connectivity index (χ4n) is 4.42. The van der Waals surface area contributed by atoms with Gasteiger partial charge in [0.2, 0.25) is 0 Å². The van der Waals surface area contributed by atoms with Crippen LogP contribution in [0.15, 0.2) is 41.2 Å². The predicted octanol–water partition coefficient (Wildman–Crippen LogP) is 2.08. The zero-order valence-electron chi connectivity index (χ0n) is 16.1. The Morgan fingerprint density at radius 1 is 1.17 bits per heavy atom. The summed E-state index contributed by atoms with van der Waals surface area (Å²) < 4.78 is 36.3. The van der Waals surface area contributed by atoms with Crippen LogP contribution >= 0.6 is 0 Å². The van der Waals surface area contributed by atoms with Gasteiger partial charge in [0.1, 0.15) is 17.3 Å². The molecule has 1 unspecified atom stereocenters. The molecule has 2 fully saturated rings. The third-order valence-electron chi connectivity index (χ3n) is 5.79. The number of allylic oxidation sites excluding steroid dienone is 1. The number of aliphatic imine (C=N–C) groups is 1. The van der Waals surface area contributed by atoms with Crippen LogP contribution in [0, 0.1) is 5.82 Å². The number of nitrogens with zero attached hydrogens (tertiary/aromatic N) is 5. The van der Waals surface area contributed by atoms with Crippen molar-refractivity contribution in [1.82, 2.24) is 24.5 Å². The van der Waals surface area contributed by atoms with Crippen LogP contribution in [0.25, 0.3) is 5.65 Å². The third kappa shape index (κ3) is 3.38. The predicted molar refractivity (Wildman–Crippen MR) is 105 cm³/mol. The average molecular weight is 402 g/mol. The summed E-state index contributed by atoms with van der Waals surface area (Å²) in [6, 6.07) is 3.10. The van der Waals surface area contributed by atoms with E-state index in [-0.39, 0.29) is 17.7 Å². The molecular weight excluding hydrogens is 378 g/mol. The molecule has 0 aromatic carbocycles. The molecule has 0 saturated carbocycles. The third-order valence-corrected chi connectivity index (χ3v) is 5.79. The highest BCUT2D eigenvalue weighted by atomic mass is 19.1. The number of pyridine rings is 1. The van der Waals surface area contributed by atoms with E-state index in [0.717, 1.165) is 31.6 Å². The van der Waals surface area contributed by atoms with Gasteiger partial charge in [-0.3, -0.25) is 9.39 Å². The number of fused-ring (bicyclic) bond motifs is 1. The Morgan fingerprint density at radius 3 is 2.83 bits per heavy atom. The van der Waals surface area contributed by atoms with Crippen LogP contribution in [0.2, 0.25) is 0 Å². The maximum absolute atomic E-state index is 15.1. The number of halogens is 2. The second kappa shape index (κ2) is 7.72. The maximum Gasteiger partial charge on any atom is 0.181 e. The van der Waals surface area contributed by atoms with E-state index in [0.29, 0.717) is 37.8 Å². The van der Waals surface area contributed by atoms with E-state index in [4.69, 9.17) is 4.74 Å². The van der Waals surface area contributed by atoms with Crippen molar-refractivity contribution >= 4 is 11.9 Å². The highest BCUT2D eigenvalue weighted by Crippen LogP contribution is 2.37. The lowest BCUT2D eigenvalue weighted by atomic mass is 10.0. The van der Waals surface area contributed by atoms with Crippen molar-refractivity contribution in [3.63, 3.8) is 0 Å². The smallest absolute Gasteiger partial charge is 0.181 e. The van der Waals surface area contributed by atoms with E-state index in [1.54, 1.807) is 16.7 Å². The summed E-state index contributed by atoms with van der Waals surface area (Å²) in [5, 5.41) is 3.42. The first-order valence-electron chi connectivity index (χ1n) is 10.1. The van der Waals surface area contributed by atoms with E-state index in [1.165, 1.54) is 18.5 Å². The van der Waals surface area contributed by atoms with E-state index in [1.807, 2.05) is 4.90 Å². The summed E-state index contributed by atoms with van der Waals surface area (Å²) in [7, 11) is 0. The number of imidazole rings is 1. The van der Waals surface area contributed by atoms with Crippen LogP contribution in [-0.2, 0) is 4.74 Å². The Kier molecular flexibility index (Phi) is 4.92.